The zero-order chi connectivity index (χ0) is 15.6. The molecule has 0 fully saturated rings. The normalized spacial score (nSPS) is 15.3. The zero-order valence-corrected chi connectivity index (χ0v) is 13.2. The maximum absolute atomic E-state index is 11.3. The molecule has 1 aromatic heterocycles. The van der Waals surface area contributed by atoms with Crippen LogP contribution in [0.3, 0.4) is 0 Å². The third kappa shape index (κ3) is 4.19. The standard InChI is InChI=1S/C16H25N3O2/c1-10(17-12(9-20)8-16(2,3)4)11-5-6-13-14(7-11)19-15(21)18-13/h5-7,10,12,17,20H,8-9H2,1-4H3,(H2,18,19,21). The Balaban J connectivity index is 2.13. The van der Waals surface area contributed by atoms with Crippen molar-refractivity contribution in [2.24, 2.45) is 5.41 Å². The number of benzene rings is 1. The summed E-state index contributed by atoms with van der Waals surface area (Å²) in [5.74, 6) is 0. The predicted octanol–water partition coefficient (Wildman–Crippen LogP) is 2.30. The van der Waals surface area contributed by atoms with E-state index in [1.807, 2.05) is 18.2 Å². The molecule has 0 amide bonds. The quantitative estimate of drug-likeness (QED) is 0.682. The van der Waals surface area contributed by atoms with Gasteiger partial charge in [0.2, 0.25) is 0 Å². The van der Waals surface area contributed by atoms with Gasteiger partial charge >= 0.3 is 5.69 Å². The van der Waals surface area contributed by atoms with Gasteiger partial charge in [-0.3, -0.25) is 0 Å². The van der Waals surface area contributed by atoms with E-state index in [4.69, 9.17) is 0 Å². The predicted molar refractivity (Wildman–Crippen MR) is 85.4 cm³/mol. The van der Waals surface area contributed by atoms with Gasteiger partial charge in [-0.2, -0.15) is 0 Å². The molecule has 5 heteroatoms. The Morgan fingerprint density at radius 3 is 2.52 bits per heavy atom. The van der Waals surface area contributed by atoms with Crippen molar-refractivity contribution in [3.8, 4) is 0 Å². The highest BCUT2D eigenvalue weighted by atomic mass is 16.3. The highest BCUT2D eigenvalue weighted by Crippen LogP contribution is 2.23. The van der Waals surface area contributed by atoms with Crippen LogP contribution >= 0.6 is 0 Å². The van der Waals surface area contributed by atoms with Crippen molar-refractivity contribution in [2.45, 2.75) is 46.2 Å². The van der Waals surface area contributed by atoms with E-state index in [9.17, 15) is 9.90 Å². The Morgan fingerprint density at radius 2 is 1.90 bits per heavy atom. The molecule has 0 aliphatic carbocycles. The molecule has 4 N–H and O–H groups in total. The smallest absolute Gasteiger partial charge is 0.323 e. The second kappa shape index (κ2) is 6.03. The Morgan fingerprint density at radius 1 is 1.24 bits per heavy atom. The molecule has 0 bridgehead atoms. The van der Waals surface area contributed by atoms with Crippen LogP contribution in [0.4, 0.5) is 0 Å². The molecular formula is C16H25N3O2. The Bertz CT molecular complexity index is 651. The number of aromatic nitrogens is 2. The number of aliphatic hydroxyl groups is 1. The van der Waals surface area contributed by atoms with E-state index >= 15 is 0 Å². The minimum Gasteiger partial charge on any atom is -0.395 e. The molecule has 0 aliphatic rings. The number of fused-ring (bicyclic) bond motifs is 1. The molecule has 2 rings (SSSR count). The number of hydrogen-bond donors (Lipinski definition) is 4. The van der Waals surface area contributed by atoms with Crippen LogP contribution in [-0.2, 0) is 0 Å². The monoisotopic (exact) mass is 291 g/mol. The molecule has 0 spiro atoms. The summed E-state index contributed by atoms with van der Waals surface area (Å²) in [4.78, 5) is 16.8. The first-order valence-corrected chi connectivity index (χ1v) is 7.37. The first-order valence-electron chi connectivity index (χ1n) is 7.37. The van der Waals surface area contributed by atoms with Gasteiger partial charge in [0.1, 0.15) is 0 Å². The van der Waals surface area contributed by atoms with E-state index in [2.05, 4.69) is 43.0 Å². The summed E-state index contributed by atoms with van der Waals surface area (Å²) in [5, 5.41) is 13.0. The van der Waals surface area contributed by atoms with Gasteiger partial charge in [-0.05, 0) is 36.5 Å². The highest BCUT2D eigenvalue weighted by molar-refractivity contribution is 5.75. The van der Waals surface area contributed by atoms with Crippen molar-refractivity contribution in [3.63, 3.8) is 0 Å². The molecule has 116 valence electrons. The molecule has 0 saturated heterocycles. The van der Waals surface area contributed by atoms with Crippen LogP contribution in [-0.4, -0.2) is 27.7 Å². The fourth-order valence-corrected chi connectivity index (χ4v) is 2.68. The van der Waals surface area contributed by atoms with Crippen molar-refractivity contribution in [1.82, 2.24) is 15.3 Å². The van der Waals surface area contributed by atoms with Crippen LogP contribution in [0.15, 0.2) is 23.0 Å². The number of aromatic amines is 2. The van der Waals surface area contributed by atoms with Gasteiger partial charge in [-0.1, -0.05) is 26.8 Å². The van der Waals surface area contributed by atoms with Crippen molar-refractivity contribution in [2.75, 3.05) is 6.61 Å². The Hall–Kier alpha value is -1.59. The lowest BCUT2D eigenvalue weighted by Crippen LogP contribution is -2.37. The maximum Gasteiger partial charge on any atom is 0.323 e. The lowest BCUT2D eigenvalue weighted by Gasteiger charge is -2.28. The summed E-state index contributed by atoms with van der Waals surface area (Å²) in [6, 6.07) is 6.03. The van der Waals surface area contributed by atoms with Crippen molar-refractivity contribution in [1.29, 1.82) is 0 Å². The minimum atomic E-state index is -0.191. The molecule has 0 radical (unpaired) electrons. The highest BCUT2D eigenvalue weighted by Gasteiger charge is 2.20. The van der Waals surface area contributed by atoms with Crippen LogP contribution in [0.25, 0.3) is 11.0 Å². The maximum atomic E-state index is 11.3. The fourth-order valence-electron chi connectivity index (χ4n) is 2.68. The summed E-state index contributed by atoms with van der Waals surface area (Å²) in [5.41, 5.74) is 2.68. The molecule has 2 unspecified atom stereocenters. The summed E-state index contributed by atoms with van der Waals surface area (Å²) in [7, 11) is 0. The van der Waals surface area contributed by atoms with Gasteiger partial charge in [0.25, 0.3) is 0 Å². The molecule has 21 heavy (non-hydrogen) atoms. The second-order valence-electron chi connectivity index (χ2n) is 6.92. The lowest BCUT2D eigenvalue weighted by atomic mass is 9.88. The minimum absolute atomic E-state index is 0.0565. The number of aliphatic hydroxyl groups excluding tert-OH is 1. The van der Waals surface area contributed by atoms with E-state index in [0.29, 0.717) is 0 Å². The van der Waals surface area contributed by atoms with Crippen LogP contribution < -0.4 is 11.0 Å². The number of nitrogens with one attached hydrogen (secondary N) is 3. The molecule has 1 aromatic carbocycles. The molecule has 0 aliphatic heterocycles. The molecular weight excluding hydrogens is 266 g/mol. The van der Waals surface area contributed by atoms with Crippen LogP contribution in [0.5, 0.6) is 0 Å². The van der Waals surface area contributed by atoms with Gasteiger partial charge in [-0.15, -0.1) is 0 Å². The SMILES string of the molecule is CC(NC(CO)CC(C)(C)C)c1ccc2[nH]c(=O)[nH]c2c1. The average molecular weight is 291 g/mol. The number of hydrogen-bond acceptors (Lipinski definition) is 3. The Kier molecular flexibility index (Phi) is 4.54. The van der Waals surface area contributed by atoms with E-state index in [1.165, 1.54) is 0 Å². The molecule has 5 nitrogen and oxygen atoms in total. The van der Waals surface area contributed by atoms with Crippen LogP contribution in [0.1, 0.15) is 45.7 Å². The van der Waals surface area contributed by atoms with Crippen LogP contribution in [0, 0.1) is 5.41 Å². The van der Waals surface area contributed by atoms with E-state index in [-0.39, 0.29) is 29.8 Å². The summed E-state index contributed by atoms with van der Waals surface area (Å²) >= 11 is 0. The molecule has 2 aromatic rings. The molecule has 2 atom stereocenters. The van der Waals surface area contributed by atoms with Crippen LogP contribution in [0.2, 0.25) is 0 Å². The zero-order valence-electron chi connectivity index (χ0n) is 13.2. The van der Waals surface area contributed by atoms with E-state index in [0.717, 1.165) is 23.0 Å². The van der Waals surface area contributed by atoms with Gasteiger partial charge in [0.15, 0.2) is 0 Å². The lowest BCUT2D eigenvalue weighted by molar-refractivity contribution is 0.190. The fraction of sp³-hybridized carbons (Fsp3) is 0.562. The first-order chi connectivity index (χ1) is 9.78. The third-order valence-electron chi connectivity index (χ3n) is 3.60. The number of H-pyrrole nitrogens is 2. The number of imidazole rings is 1. The molecule has 1 heterocycles. The van der Waals surface area contributed by atoms with Gasteiger partial charge < -0.3 is 20.4 Å². The summed E-state index contributed by atoms with van der Waals surface area (Å²) < 4.78 is 0. The van der Waals surface area contributed by atoms with Crippen molar-refractivity contribution < 1.29 is 5.11 Å². The van der Waals surface area contributed by atoms with Gasteiger partial charge in [-0.25, -0.2) is 4.79 Å². The summed E-state index contributed by atoms with van der Waals surface area (Å²) in [6.07, 6.45) is 0.900. The second-order valence-corrected chi connectivity index (χ2v) is 6.92. The van der Waals surface area contributed by atoms with Crippen molar-refractivity contribution in [3.05, 3.63) is 34.2 Å². The summed E-state index contributed by atoms with van der Waals surface area (Å²) in [6.45, 7) is 8.68. The van der Waals surface area contributed by atoms with E-state index < -0.39 is 0 Å². The van der Waals surface area contributed by atoms with E-state index in [1.54, 1.807) is 0 Å². The van der Waals surface area contributed by atoms with Gasteiger partial charge in [0, 0.05) is 12.1 Å². The topological polar surface area (TPSA) is 80.9 Å². The average Bonchev–Trinajstić information content (AvgIpc) is 2.75. The molecule has 0 saturated carbocycles. The van der Waals surface area contributed by atoms with Gasteiger partial charge in [0.05, 0.1) is 17.6 Å². The third-order valence-corrected chi connectivity index (χ3v) is 3.60. The Labute approximate surface area is 124 Å². The largest absolute Gasteiger partial charge is 0.395 e. The van der Waals surface area contributed by atoms with Crippen molar-refractivity contribution >= 4 is 11.0 Å². The first kappa shape index (κ1) is 15.8. The number of rotatable bonds is 5.